The van der Waals surface area contributed by atoms with Crippen molar-refractivity contribution >= 4 is 12.4 Å². The van der Waals surface area contributed by atoms with E-state index in [9.17, 15) is 4.39 Å². The Bertz CT molecular complexity index is 701. The van der Waals surface area contributed by atoms with E-state index in [-0.39, 0.29) is 18.2 Å². The molecule has 136 valence electrons. The van der Waals surface area contributed by atoms with Crippen LogP contribution in [0.1, 0.15) is 56.5 Å². The monoisotopic (exact) mass is 362 g/mol. The molecule has 1 aromatic heterocycles. The topological polar surface area (TPSA) is 8.17 Å². The van der Waals surface area contributed by atoms with Gasteiger partial charge in [-0.15, -0.1) is 12.4 Å². The van der Waals surface area contributed by atoms with E-state index < -0.39 is 0 Å². The highest BCUT2D eigenvalue weighted by molar-refractivity contribution is 5.85. The quantitative estimate of drug-likeness (QED) is 0.687. The van der Waals surface area contributed by atoms with Gasteiger partial charge in [-0.2, -0.15) is 0 Å². The zero-order valence-corrected chi connectivity index (χ0v) is 15.8. The lowest BCUT2D eigenvalue weighted by molar-refractivity contribution is 0.168. The minimum absolute atomic E-state index is 0. The summed E-state index contributed by atoms with van der Waals surface area (Å²) in [7, 11) is 0. The van der Waals surface area contributed by atoms with Crippen LogP contribution >= 0.6 is 12.4 Å². The predicted octanol–water partition coefficient (Wildman–Crippen LogP) is 5.60. The minimum Gasteiger partial charge on any atom is -0.328 e. The molecular weight excluding hydrogens is 335 g/mol. The second-order valence-corrected chi connectivity index (χ2v) is 7.22. The van der Waals surface area contributed by atoms with Gasteiger partial charge in [0.2, 0.25) is 0 Å². The smallest absolute Gasteiger partial charge is 0.123 e. The summed E-state index contributed by atoms with van der Waals surface area (Å²) in [6.45, 7) is 4.70. The number of nitrogens with zero attached hydrogens (tertiary/aromatic N) is 2. The fraction of sp³-hybridized carbons (Fsp3) is 0.524. The Labute approximate surface area is 156 Å². The van der Waals surface area contributed by atoms with Crippen LogP contribution in [-0.4, -0.2) is 22.6 Å². The van der Waals surface area contributed by atoms with E-state index in [1.807, 2.05) is 12.1 Å². The van der Waals surface area contributed by atoms with Crippen molar-refractivity contribution in [3.8, 4) is 11.3 Å². The normalized spacial score (nSPS) is 18.6. The first-order valence-corrected chi connectivity index (χ1v) is 9.51. The molecule has 0 spiro atoms. The van der Waals surface area contributed by atoms with Gasteiger partial charge in [0.15, 0.2) is 0 Å². The van der Waals surface area contributed by atoms with E-state index in [1.165, 1.54) is 68.6 Å². The van der Waals surface area contributed by atoms with Crippen molar-refractivity contribution in [1.82, 2.24) is 9.47 Å². The summed E-state index contributed by atoms with van der Waals surface area (Å²) in [5.41, 5.74) is 5.46. The Kier molecular flexibility index (Phi) is 5.85. The van der Waals surface area contributed by atoms with Gasteiger partial charge >= 0.3 is 0 Å². The number of halogens is 2. The predicted molar refractivity (Wildman–Crippen MR) is 104 cm³/mol. The van der Waals surface area contributed by atoms with Gasteiger partial charge in [-0.05, 0) is 86.4 Å². The van der Waals surface area contributed by atoms with E-state index in [4.69, 9.17) is 0 Å². The van der Waals surface area contributed by atoms with Gasteiger partial charge in [-0.3, -0.25) is 4.90 Å². The fourth-order valence-electron chi connectivity index (χ4n) is 4.55. The molecule has 4 rings (SSSR count). The lowest BCUT2D eigenvalue weighted by Gasteiger charge is -2.32. The van der Waals surface area contributed by atoms with E-state index >= 15 is 0 Å². The second-order valence-electron chi connectivity index (χ2n) is 7.22. The highest BCUT2D eigenvalue weighted by Gasteiger charge is 2.28. The van der Waals surface area contributed by atoms with Gasteiger partial charge in [-0.1, -0.05) is 6.92 Å². The van der Waals surface area contributed by atoms with E-state index in [0.29, 0.717) is 6.17 Å². The summed E-state index contributed by atoms with van der Waals surface area (Å²) >= 11 is 0. The fourth-order valence-corrected chi connectivity index (χ4v) is 4.55. The highest BCUT2D eigenvalue weighted by Crippen LogP contribution is 2.37. The van der Waals surface area contributed by atoms with E-state index in [2.05, 4.69) is 22.5 Å². The van der Waals surface area contributed by atoms with Crippen LogP contribution in [0.15, 0.2) is 30.3 Å². The summed E-state index contributed by atoms with van der Waals surface area (Å²) in [4.78, 5) is 2.64. The molecule has 0 bridgehead atoms. The average molecular weight is 363 g/mol. The number of benzene rings is 1. The van der Waals surface area contributed by atoms with Crippen LogP contribution < -0.4 is 0 Å². The first kappa shape index (κ1) is 18.5. The zero-order chi connectivity index (χ0) is 16.5. The van der Waals surface area contributed by atoms with Crippen molar-refractivity contribution in [1.29, 1.82) is 0 Å². The van der Waals surface area contributed by atoms with Crippen molar-refractivity contribution in [2.24, 2.45) is 0 Å². The summed E-state index contributed by atoms with van der Waals surface area (Å²) in [5.74, 6) is -0.159. The Morgan fingerprint density at radius 2 is 1.68 bits per heavy atom. The molecular formula is C21H28ClFN2. The molecule has 0 saturated carbocycles. The Balaban J connectivity index is 0.00000182. The molecule has 0 radical (unpaired) electrons. The van der Waals surface area contributed by atoms with Gasteiger partial charge in [-0.25, -0.2) is 4.39 Å². The average Bonchev–Trinajstić information content (AvgIpc) is 3.25. The molecule has 0 N–H and O–H groups in total. The molecule has 1 atom stereocenters. The maximum atomic E-state index is 13.4. The van der Waals surface area contributed by atoms with Gasteiger partial charge < -0.3 is 4.57 Å². The SMILES string of the molecule is CCC(N1CCCC1)n1c(-c2ccc(F)cc2)cc2c1CCCC2.Cl. The number of rotatable bonds is 4. The van der Waals surface area contributed by atoms with Gasteiger partial charge in [0.05, 0.1) is 6.17 Å². The maximum absolute atomic E-state index is 13.4. The van der Waals surface area contributed by atoms with Gasteiger partial charge in [0.25, 0.3) is 0 Å². The van der Waals surface area contributed by atoms with Gasteiger partial charge in [0, 0.05) is 24.5 Å². The first-order valence-electron chi connectivity index (χ1n) is 9.51. The van der Waals surface area contributed by atoms with Crippen molar-refractivity contribution < 1.29 is 4.39 Å². The highest BCUT2D eigenvalue weighted by atomic mass is 35.5. The van der Waals surface area contributed by atoms with Crippen molar-refractivity contribution in [3.63, 3.8) is 0 Å². The Hall–Kier alpha value is -1.32. The lowest BCUT2D eigenvalue weighted by atomic mass is 9.98. The zero-order valence-electron chi connectivity index (χ0n) is 15.0. The van der Waals surface area contributed by atoms with Gasteiger partial charge in [0.1, 0.15) is 5.82 Å². The molecule has 4 heteroatoms. The number of fused-ring (bicyclic) bond motifs is 1. The van der Waals surface area contributed by atoms with Crippen LogP contribution in [0.3, 0.4) is 0 Å². The molecule has 1 aliphatic heterocycles. The summed E-state index contributed by atoms with van der Waals surface area (Å²) in [6.07, 6.45) is 9.13. The Morgan fingerprint density at radius 1 is 1.00 bits per heavy atom. The van der Waals surface area contributed by atoms with Crippen LogP contribution in [0.4, 0.5) is 4.39 Å². The van der Waals surface area contributed by atoms with E-state index in [0.717, 1.165) is 12.0 Å². The molecule has 1 aliphatic carbocycles. The molecule has 1 fully saturated rings. The number of aromatic nitrogens is 1. The molecule has 1 unspecified atom stereocenters. The van der Waals surface area contributed by atoms with Crippen LogP contribution in [-0.2, 0) is 12.8 Å². The molecule has 1 aromatic carbocycles. The maximum Gasteiger partial charge on any atom is 0.123 e. The van der Waals surface area contributed by atoms with Crippen LogP contribution in [0, 0.1) is 5.82 Å². The number of aryl methyl sites for hydroxylation is 1. The largest absolute Gasteiger partial charge is 0.328 e. The summed E-state index contributed by atoms with van der Waals surface area (Å²) < 4.78 is 16.0. The second kappa shape index (κ2) is 7.92. The first-order chi connectivity index (χ1) is 11.8. The van der Waals surface area contributed by atoms with Crippen LogP contribution in [0.25, 0.3) is 11.3 Å². The van der Waals surface area contributed by atoms with Crippen LogP contribution in [0.5, 0.6) is 0 Å². The number of hydrogen-bond acceptors (Lipinski definition) is 1. The number of hydrogen-bond donors (Lipinski definition) is 0. The third-order valence-electron chi connectivity index (χ3n) is 5.71. The van der Waals surface area contributed by atoms with Crippen molar-refractivity contribution in [2.45, 2.75) is 58.0 Å². The summed E-state index contributed by atoms with van der Waals surface area (Å²) in [5, 5.41) is 0. The third kappa shape index (κ3) is 3.50. The van der Waals surface area contributed by atoms with Crippen molar-refractivity contribution in [3.05, 3.63) is 47.4 Å². The lowest BCUT2D eigenvalue weighted by Crippen LogP contribution is -2.31. The van der Waals surface area contributed by atoms with E-state index in [1.54, 1.807) is 12.1 Å². The third-order valence-corrected chi connectivity index (χ3v) is 5.71. The number of likely N-dealkylation sites (tertiary alicyclic amines) is 1. The minimum atomic E-state index is -0.159. The summed E-state index contributed by atoms with van der Waals surface area (Å²) in [6, 6.07) is 9.41. The molecule has 1 saturated heterocycles. The molecule has 25 heavy (non-hydrogen) atoms. The standard InChI is InChI=1S/C21H27FN2.ClH/c1-2-21(23-13-5-6-14-23)24-19-8-4-3-7-17(19)15-20(24)16-9-11-18(22)12-10-16;/h9-12,15,21H,2-8,13-14H2,1H3;1H. The molecule has 2 nitrogen and oxygen atoms in total. The molecule has 2 aliphatic rings. The molecule has 2 heterocycles. The molecule has 0 amide bonds. The Morgan fingerprint density at radius 3 is 2.36 bits per heavy atom. The van der Waals surface area contributed by atoms with Crippen molar-refractivity contribution in [2.75, 3.05) is 13.1 Å². The molecule has 2 aromatic rings. The van der Waals surface area contributed by atoms with Crippen LogP contribution in [0.2, 0.25) is 0 Å².